The summed E-state index contributed by atoms with van der Waals surface area (Å²) in [5, 5.41) is 14.8. The maximum Gasteiger partial charge on any atom is 0.300 e. The Kier molecular flexibility index (Phi) is 13.0. The minimum atomic E-state index is -0.833. The lowest BCUT2D eigenvalue weighted by molar-refractivity contribution is -0.135. The van der Waals surface area contributed by atoms with Gasteiger partial charge in [0.15, 0.2) is 0 Å². The largest absolute Gasteiger partial charge is 0.481 e. The Labute approximate surface area is 97.7 Å². The van der Waals surface area contributed by atoms with Gasteiger partial charge in [0, 0.05) is 13.8 Å². The fourth-order valence-electron chi connectivity index (χ4n) is 1.48. The molecule has 0 aromatic heterocycles. The maximum atomic E-state index is 9.00. The van der Waals surface area contributed by atoms with Crippen LogP contribution in [0.2, 0.25) is 0 Å². The summed E-state index contributed by atoms with van der Waals surface area (Å²) < 4.78 is 0. The normalized spacial score (nSPS) is 15.7. The molecule has 0 radical (unpaired) electrons. The van der Waals surface area contributed by atoms with Crippen molar-refractivity contribution in [2.45, 2.75) is 59.3 Å². The van der Waals surface area contributed by atoms with E-state index in [0.29, 0.717) is 0 Å². The minimum absolute atomic E-state index is 0.833. The van der Waals surface area contributed by atoms with Crippen LogP contribution < -0.4 is 0 Å². The van der Waals surface area contributed by atoms with Crippen molar-refractivity contribution in [1.82, 2.24) is 0 Å². The predicted octanol–water partition coefficient (Wildman–Crippen LogP) is 3.16. The number of carboxylic acid groups (broad SMARTS) is 2. The van der Waals surface area contributed by atoms with Gasteiger partial charge in [-0.1, -0.05) is 45.4 Å². The van der Waals surface area contributed by atoms with E-state index in [0.717, 1.165) is 19.8 Å². The summed E-state index contributed by atoms with van der Waals surface area (Å²) in [5.74, 6) is -0.641. The molecule has 0 unspecified atom stereocenters. The van der Waals surface area contributed by atoms with Gasteiger partial charge in [0.2, 0.25) is 0 Å². The molecule has 16 heavy (non-hydrogen) atoms. The fourth-order valence-corrected chi connectivity index (χ4v) is 1.48. The molecule has 0 aromatic rings. The lowest BCUT2D eigenvalue weighted by Gasteiger charge is -2.02. The summed E-state index contributed by atoms with van der Waals surface area (Å²) in [6, 6.07) is 0. The lowest BCUT2D eigenvalue weighted by Crippen LogP contribution is -1.88. The van der Waals surface area contributed by atoms with Crippen molar-refractivity contribution in [2.75, 3.05) is 0 Å². The molecule has 0 aromatic carbocycles. The molecule has 96 valence electrons. The zero-order valence-corrected chi connectivity index (χ0v) is 10.5. The van der Waals surface area contributed by atoms with E-state index in [4.69, 9.17) is 19.8 Å². The third kappa shape index (κ3) is 29.3. The van der Waals surface area contributed by atoms with E-state index >= 15 is 0 Å². The van der Waals surface area contributed by atoms with Crippen molar-refractivity contribution in [3.63, 3.8) is 0 Å². The molecule has 1 aliphatic rings. The van der Waals surface area contributed by atoms with Crippen LogP contribution in [-0.2, 0) is 9.59 Å². The zero-order chi connectivity index (χ0) is 13.0. The first-order valence-corrected chi connectivity index (χ1v) is 5.75. The maximum absolute atomic E-state index is 9.00. The minimum Gasteiger partial charge on any atom is -0.481 e. The Bertz CT molecular complexity index is 161. The third-order valence-corrected chi connectivity index (χ3v) is 2.14. The predicted molar refractivity (Wildman–Crippen MR) is 63.5 cm³/mol. The van der Waals surface area contributed by atoms with E-state index in [9.17, 15) is 0 Å². The molecular weight excluding hydrogens is 208 g/mol. The van der Waals surface area contributed by atoms with Gasteiger partial charge >= 0.3 is 0 Å². The molecule has 1 saturated carbocycles. The first-order chi connectivity index (χ1) is 7.36. The van der Waals surface area contributed by atoms with Gasteiger partial charge in [0.25, 0.3) is 11.9 Å². The standard InChI is InChI=1S/C8H16.2C2H4O2/c1-8-6-4-2-3-5-7-8;2*1-2(3)4/h8H,2-7H2,1H3;2*1H3,(H,3,4). The highest BCUT2D eigenvalue weighted by atomic mass is 16.4. The number of carbonyl (C=O) groups is 2. The first-order valence-electron chi connectivity index (χ1n) is 5.75. The molecule has 4 nitrogen and oxygen atoms in total. The van der Waals surface area contributed by atoms with Crippen LogP contribution in [0.25, 0.3) is 0 Å². The summed E-state index contributed by atoms with van der Waals surface area (Å²) in [6.07, 6.45) is 8.93. The molecule has 0 atom stereocenters. The van der Waals surface area contributed by atoms with Crippen LogP contribution in [0, 0.1) is 5.92 Å². The molecule has 0 aliphatic heterocycles. The number of hydrogen-bond acceptors (Lipinski definition) is 2. The topological polar surface area (TPSA) is 74.6 Å². The van der Waals surface area contributed by atoms with Gasteiger partial charge in [-0.25, -0.2) is 0 Å². The Hall–Kier alpha value is -1.06. The lowest BCUT2D eigenvalue weighted by atomic mass is 10.0. The molecular formula is C12H24O4. The van der Waals surface area contributed by atoms with Crippen LogP contribution in [0.4, 0.5) is 0 Å². The van der Waals surface area contributed by atoms with Gasteiger partial charge in [-0.15, -0.1) is 0 Å². The number of hydrogen-bond donors (Lipinski definition) is 2. The zero-order valence-electron chi connectivity index (χ0n) is 10.5. The fraction of sp³-hybridized carbons (Fsp3) is 0.833. The molecule has 1 rings (SSSR count). The second-order valence-corrected chi connectivity index (χ2v) is 4.13. The van der Waals surface area contributed by atoms with Gasteiger partial charge in [-0.05, 0) is 5.92 Å². The van der Waals surface area contributed by atoms with Crippen LogP contribution >= 0.6 is 0 Å². The van der Waals surface area contributed by atoms with E-state index in [-0.39, 0.29) is 0 Å². The van der Waals surface area contributed by atoms with Crippen molar-refractivity contribution in [3.8, 4) is 0 Å². The second-order valence-electron chi connectivity index (χ2n) is 4.13. The second kappa shape index (κ2) is 12.0. The summed E-state index contributed by atoms with van der Waals surface area (Å²) in [4.78, 5) is 18.0. The smallest absolute Gasteiger partial charge is 0.300 e. The van der Waals surface area contributed by atoms with Gasteiger partial charge in [0.05, 0.1) is 0 Å². The molecule has 0 saturated heterocycles. The van der Waals surface area contributed by atoms with Crippen molar-refractivity contribution < 1.29 is 19.8 Å². The number of rotatable bonds is 0. The molecule has 0 heterocycles. The highest BCUT2D eigenvalue weighted by molar-refractivity contribution is 5.63. The summed E-state index contributed by atoms with van der Waals surface area (Å²) in [5.41, 5.74) is 0. The van der Waals surface area contributed by atoms with Crippen molar-refractivity contribution in [3.05, 3.63) is 0 Å². The SMILES string of the molecule is CC(=O)O.CC(=O)O.CC1CCCCCC1. The summed E-state index contributed by atoms with van der Waals surface area (Å²) in [7, 11) is 0. The molecule has 0 spiro atoms. The van der Waals surface area contributed by atoms with Crippen LogP contribution in [0.15, 0.2) is 0 Å². The number of aliphatic carboxylic acids is 2. The Morgan fingerprint density at radius 3 is 1.38 bits per heavy atom. The van der Waals surface area contributed by atoms with E-state index in [1.54, 1.807) is 0 Å². The molecule has 1 fully saturated rings. The average molecular weight is 232 g/mol. The van der Waals surface area contributed by atoms with Crippen LogP contribution in [0.5, 0.6) is 0 Å². The molecule has 2 N–H and O–H groups in total. The van der Waals surface area contributed by atoms with E-state index in [2.05, 4.69) is 6.92 Å². The Balaban J connectivity index is 0. The quantitative estimate of drug-likeness (QED) is 0.629. The van der Waals surface area contributed by atoms with Crippen LogP contribution in [-0.4, -0.2) is 22.2 Å². The van der Waals surface area contributed by atoms with Crippen LogP contribution in [0.1, 0.15) is 59.3 Å². The van der Waals surface area contributed by atoms with Gasteiger partial charge in [0.1, 0.15) is 0 Å². The van der Waals surface area contributed by atoms with E-state index in [1.165, 1.54) is 38.5 Å². The van der Waals surface area contributed by atoms with Crippen molar-refractivity contribution >= 4 is 11.9 Å². The summed E-state index contributed by atoms with van der Waals surface area (Å²) in [6.45, 7) is 4.55. The number of carboxylic acids is 2. The van der Waals surface area contributed by atoms with Crippen molar-refractivity contribution in [1.29, 1.82) is 0 Å². The van der Waals surface area contributed by atoms with Crippen molar-refractivity contribution in [2.24, 2.45) is 5.92 Å². The Morgan fingerprint density at radius 1 is 0.875 bits per heavy atom. The molecule has 0 amide bonds. The highest BCUT2D eigenvalue weighted by Gasteiger charge is 2.05. The highest BCUT2D eigenvalue weighted by Crippen LogP contribution is 2.21. The van der Waals surface area contributed by atoms with Gasteiger partial charge in [-0.2, -0.15) is 0 Å². The Morgan fingerprint density at radius 2 is 1.12 bits per heavy atom. The average Bonchev–Trinajstić information content (AvgIpc) is 2.30. The van der Waals surface area contributed by atoms with E-state index < -0.39 is 11.9 Å². The molecule has 0 bridgehead atoms. The summed E-state index contributed by atoms with van der Waals surface area (Å²) >= 11 is 0. The first kappa shape index (κ1) is 17.3. The molecule has 4 heteroatoms. The van der Waals surface area contributed by atoms with Gasteiger partial charge < -0.3 is 10.2 Å². The third-order valence-electron chi connectivity index (χ3n) is 2.14. The molecule has 1 aliphatic carbocycles. The van der Waals surface area contributed by atoms with Crippen LogP contribution in [0.3, 0.4) is 0 Å². The monoisotopic (exact) mass is 232 g/mol. The van der Waals surface area contributed by atoms with E-state index in [1.807, 2.05) is 0 Å². The van der Waals surface area contributed by atoms with Gasteiger partial charge in [-0.3, -0.25) is 9.59 Å².